The van der Waals surface area contributed by atoms with Crippen LogP contribution in [0, 0.1) is 0 Å². The van der Waals surface area contributed by atoms with Crippen molar-refractivity contribution >= 4 is 0 Å². The van der Waals surface area contributed by atoms with Crippen LogP contribution in [-0.4, -0.2) is 4.98 Å². The summed E-state index contributed by atoms with van der Waals surface area (Å²) in [7, 11) is 0. The van der Waals surface area contributed by atoms with E-state index >= 15 is 0 Å². The van der Waals surface area contributed by atoms with Crippen LogP contribution in [0.3, 0.4) is 0 Å². The predicted octanol–water partition coefficient (Wildman–Crippen LogP) is 2.22. The zero-order valence-corrected chi connectivity index (χ0v) is 8.25. The van der Waals surface area contributed by atoms with E-state index in [0.717, 1.165) is 6.42 Å². The fourth-order valence-electron chi connectivity index (χ4n) is 1.36. The Bertz CT molecular complexity index is 303. The minimum absolute atomic E-state index is 0.489. The minimum Gasteiger partial charge on any atom is -0.402 e. The molecule has 70 valence electrons. The zero-order valence-electron chi connectivity index (χ0n) is 8.25. The van der Waals surface area contributed by atoms with Gasteiger partial charge >= 0.3 is 0 Å². The molecule has 13 heavy (non-hydrogen) atoms. The maximum absolute atomic E-state index is 5.58. The summed E-state index contributed by atoms with van der Waals surface area (Å²) in [4.78, 5) is 4.10. The Morgan fingerprint density at radius 1 is 1.62 bits per heavy atom. The van der Waals surface area contributed by atoms with Gasteiger partial charge in [0.25, 0.3) is 0 Å². The molecule has 0 amide bonds. The minimum atomic E-state index is 0.489. The zero-order chi connectivity index (χ0) is 9.84. The third-order valence-corrected chi connectivity index (χ3v) is 1.99. The summed E-state index contributed by atoms with van der Waals surface area (Å²) in [5.41, 5.74) is 8.77. The molecule has 0 aliphatic heterocycles. The van der Waals surface area contributed by atoms with Crippen molar-refractivity contribution in [2.75, 3.05) is 0 Å². The third-order valence-electron chi connectivity index (χ3n) is 1.99. The molecule has 2 N–H and O–H groups in total. The monoisotopic (exact) mass is 176 g/mol. The topological polar surface area (TPSA) is 38.9 Å². The van der Waals surface area contributed by atoms with Crippen LogP contribution in [0.4, 0.5) is 0 Å². The molecule has 0 fully saturated rings. The molecular weight excluding hydrogens is 160 g/mol. The first kappa shape index (κ1) is 9.78. The summed E-state index contributed by atoms with van der Waals surface area (Å²) in [6.45, 7) is 8.01. The van der Waals surface area contributed by atoms with Gasteiger partial charge in [-0.15, -0.1) is 0 Å². The van der Waals surface area contributed by atoms with E-state index in [1.54, 1.807) is 6.20 Å². The quantitative estimate of drug-likeness (QED) is 0.767. The fraction of sp³-hybridized carbons (Fsp3) is 0.364. The maximum Gasteiger partial charge on any atom is 0.0305 e. The summed E-state index contributed by atoms with van der Waals surface area (Å²) < 4.78 is 0. The smallest absolute Gasteiger partial charge is 0.0305 e. The number of allylic oxidation sites excluding steroid dienone is 1. The largest absolute Gasteiger partial charge is 0.402 e. The molecule has 0 spiro atoms. The van der Waals surface area contributed by atoms with E-state index < -0.39 is 0 Å². The lowest BCUT2D eigenvalue weighted by atomic mass is 9.97. The first-order valence-electron chi connectivity index (χ1n) is 4.47. The summed E-state index contributed by atoms with van der Waals surface area (Å²) in [5.74, 6) is 0.489. The molecule has 0 atom stereocenters. The van der Waals surface area contributed by atoms with E-state index in [0.29, 0.717) is 11.6 Å². The third kappa shape index (κ3) is 2.58. The van der Waals surface area contributed by atoms with Gasteiger partial charge in [-0.05, 0) is 23.1 Å². The maximum atomic E-state index is 5.58. The van der Waals surface area contributed by atoms with Crippen molar-refractivity contribution in [1.29, 1.82) is 0 Å². The standard InChI is InChI=1S/C11H16N2/c1-8(2)11-7-13-5-4-10(11)6-9(3)12/h4-5,7-8H,3,6,12H2,1-2H3. The van der Waals surface area contributed by atoms with Crippen LogP contribution in [-0.2, 0) is 6.42 Å². The molecule has 1 heterocycles. The van der Waals surface area contributed by atoms with E-state index in [-0.39, 0.29) is 0 Å². The Kier molecular flexibility index (Phi) is 3.07. The van der Waals surface area contributed by atoms with E-state index in [1.807, 2.05) is 12.3 Å². The lowest BCUT2D eigenvalue weighted by Crippen LogP contribution is -2.03. The van der Waals surface area contributed by atoms with Crippen LogP contribution in [0.2, 0.25) is 0 Å². The van der Waals surface area contributed by atoms with Crippen molar-refractivity contribution in [1.82, 2.24) is 4.98 Å². The molecule has 0 aliphatic carbocycles. The number of hydrogen-bond donors (Lipinski definition) is 1. The summed E-state index contributed by atoms with van der Waals surface area (Å²) in [6, 6.07) is 2.01. The molecule has 1 rings (SSSR count). The van der Waals surface area contributed by atoms with Crippen molar-refractivity contribution in [2.45, 2.75) is 26.2 Å². The van der Waals surface area contributed by atoms with Gasteiger partial charge in [0.15, 0.2) is 0 Å². The van der Waals surface area contributed by atoms with Crippen LogP contribution >= 0.6 is 0 Å². The Morgan fingerprint density at radius 2 is 2.31 bits per heavy atom. The van der Waals surface area contributed by atoms with E-state index in [9.17, 15) is 0 Å². The molecule has 0 bridgehead atoms. The van der Waals surface area contributed by atoms with Gasteiger partial charge in [-0.2, -0.15) is 0 Å². The van der Waals surface area contributed by atoms with Crippen LogP contribution < -0.4 is 5.73 Å². The molecule has 2 heteroatoms. The molecule has 0 saturated heterocycles. The van der Waals surface area contributed by atoms with Crippen LogP contribution in [0.25, 0.3) is 0 Å². The molecule has 0 aliphatic rings. The number of pyridine rings is 1. The lowest BCUT2D eigenvalue weighted by Gasteiger charge is -2.11. The highest BCUT2D eigenvalue weighted by Crippen LogP contribution is 2.19. The first-order valence-corrected chi connectivity index (χ1v) is 4.47. The lowest BCUT2D eigenvalue weighted by molar-refractivity contribution is 0.836. The molecule has 2 nitrogen and oxygen atoms in total. The van der Waals surface area contributed by atoms with E-state index in [2.05, 4.69) is 25.4 Å². The second-order valence-corrected chi connectivity index (χ2v) is 3.56. The highest BCUT2D eigenvalue weighted by atomic mass is 14.6. The average Bonchev–Trinajstić information content (AvgIpc) is 2.03. The number of nitrogens with two attached hydrogens (primary N) is 1. The summed E-state index contributed by atoms with van der Waals surface area (Å²) >= 11 is 0. The second kappa shape index (κ2) is 4.08. The molecule has 0 radical (unpaired) electrons. The first-order chi connectivity index (χ1) is 6.11. The number of nitrogens with zero attached hydrogens (tertiary/aromatic N) is 1. The Balaban J connectivity index is 2.97. The van der Waals surface area contributed by atoms with Crippen molar-refractivity contribution < 1.29 is 0 Å². The number of hydrogen-bond acceptors (Lipinski definition) is 2. The van der Waals surface area contributed by atoms with Gasteiger partial charge in [-0.25, -0.2) is 0 Å². The summed E-state index contributed by atoms with van der Waals surface area (Å²) in [6.07, 6.45) is 4.45. The summed E-state index contributed by atoms with van der Waals surface area (Å²) in [5, 5.41) is 0. The Hall–Kier alpha value is -1.31. The van der Waals surface area contributed by atoms with Crippen LogP contribution in [0.5, 0.6) is 0 Å². The number of rotatable bonds is 3. The average molecular weight is 176 g/mol. The molecule has 0 unspecified atom stereocenters. The molecule has 1 aromatic rings. The number of aromatic nitrogens is 1. The van der Waals surface area contributed by atoms with E-state index in [4.69, 9.17) is 5.73 Å². The highest BCUT2D eigenvalue weighted by Gasteiger charge is 2.05. The SMILES string of the molecule is C=C(N)Cc1ccncc1C(C)C. The molecular formula is C11H16N2. The van der Waals surface area contributed by atoms with Gasteiger partial charge in [0.2, 0.25) is 0 Å². The predicted molar refractivity (Wildman–Crippen MR) is 55.4 cm³/mol. The van der Waals surface area contributed by atoms with Gasteiger partial charge in [0, 0.05) is 24.5 Å². The highest BCUT2D eigenvalue weighted by molar-refractivity contribution is 5.29. The van der Waals surface area contributed by atoms with Crippen molar-refractivity contribution in [3.05, 3.63) is 41.9 Å². The fourth-order valence-corrected chi connectivity index (χ4v) is 1.36. The molecule has 0 aromatic carbocycles. The van der Waals surface area contributed by atoms with Crippen molar-refractivity contribution in [3.8, 4) is 0 Å². The van der Waals surface area contributed by atoms with Gasteiger partial charge in [-0.3, -0.25) is 4.98 Å². The van der Waals surface area contributed by atoms with Crippen LogP contribution in [0.15, 0.2) is 30.7 Å². The second-order valence-electron chi connectivity index (χ2n) is 3.56. The van der Waals surface area contributed by atoms with Gasteiger partial charge in [0.05, 0.1) is 0 Å². The normalized spacial score (nSPS) is 10.4. The van der Waals surface area contributed by atoms with Crippen LogP contribution in [0.1, 0.15) is 30.9 Å². The van der Waals surface area contributed by atoms with Crippen molar-refractivity contribution in [3.63, 3.8) is 0 Å². The van der Waals surface area contributed by atoms with Gasteiger partial charge in [0.1, 0.15) is 0 Å². The molecule has 0 saturated carbocycles. The Morgan fingerprint density at radius 3 is 2.85 bits per heavy atom. The Labute approximate surface area is 79.5 Å². The molecule has 1 aromatic heterocycles. The van der Waals surface area contributed by atoms with E-state index in [1.165, 1.54) is 11.1 Å². The van der Waals surface area contributed by atoms with Gasteiger partial charge < -0.3 is 5.73 Å². The van der Waals surface area contributed by atoms with Crippen molar-refractivity contribution in [2.24, 2.45) is 5.73 Å². The van der Waals surface area contributed by atoms with Gasteiger partial charge in [-0.1, -0.05) is 20.4 Å².